The summed E-state index contributed by atoms with van der Waals surface area (Å²) in [5.74, 6) is -3.84. The first-order valence-electron chi connectivity index (χ1n) is 18.1. The van der Waals surface area contributed by atoms with Gasteiger partial charge in [0, 0.05) is 56.9 Å². The molecule has 2 fully saturated rings. The number of nitrogens with one attached hydrogen (secondary N) is 2. The van der Waals surface area contributed by atoms with Crippen LogP contribution < -0.4 is 10.6 Å². The van der Waals surface area contributed by atoms with Crippen LogP contribution >= 0.6 is 23.2 Å². The zero-order valence-corrected chi connectivity index (χ0v) is 31.9. The van der Waals surface area contributed by atoms with E-state index in [9.17, 15) is 41.4 Å². The number of ketones is 1. The summed E-state index contributed by atoms with van der Waals surface area (Å²) in [6, 6.07) is 24.3. The molecule has 15 heteroatoms. The Labute approximate surface area is 338 Å². The summed E-state index contributed by atoms with van der Waals surface area (Å²) >= 11 is 12.2. The van der Waals surface area contributed by atoms with Crippen LogP contribution in [0.4, 0.5) is 33.3 Å². The van der Waals surface area contributed by atoms with E-state index in [1.54, 1.807) is 48.7 Å². The average molecular weight is 836 g/mol. The lowest BCUT2D eigenvalue weighted by molar-refractivity contribution is -0.253. The molecule has 0 bridgehead atoms. The van der Waals surface area contributed by atoms with Crippen LogP contribution in [-0.4, -0.2) is 44.4 Å². The first kappa shape index (κ1) is 40.7. The van der Waals surface area contributed by atoms with Crippen LogP contribution in [0.3, 0.4) is 0 Å². The summed E-state index contributed by atoms with van der Waals surface area (Å²) in [5.41, 5.74) is -2.46. The van der Waals surface area contributed by atoms with E-state index in [-0.39, 0.29) is 35.5 Å². The number of carbonyl (C=O) groups excluding carboxylic acids is 3. The van der Waals surface area contributed by atoms with Gasteiger partial charge in [-0.1, -0.05) is 47.5 Å². The summed E-state index contributed by atoms with van der Waals surface area (Å²) in [5, 5.41) is 17.0. The lowest BCUT2D eigenvalue weighted by Gasteiger charge is -2.33. The maximum atomic E-state index is 14.0. The minimum absolute atomic E-state index is 0.0393. The number of aromatic nitrogens is 2. The molecule has 4 aromatic carbocycles. The molecule has 6 aromatic rings. The van der Waals surface area contributed by atoms with E-state index in [4.69, 9.17) is 23.2 Å². The number of hydrogen-bond acceptors (Lipinski definition) is 6. The Morgan fingerprint density at radius 1 is 0.672 bits per heavy atom. The highest BCUT2D eigenvalue weighted by molar-refractivity contribution is 6.41. The fourth-order valence-corrected chi connectivity index (χ4v) is 7.99. The second-order valence-electron chi connectivity index (χ2n) is 14.6. The molecule has 0 spiro atoms. The van der Waals surface area contributed by atoms with Gasteiger partial charge in [-0.3, -0.25) is 24.4 Å². The van der Waals surface area contributed by atoms with Crippen LogP contribution in [0.15, 0.2) is 109 Å². The highest BCUT2D eigenvalue weighted by atomic mass is 35.5. The van der Waals surface area contributed by atoms with Crippen molar-refractivity contribution >= 4 is 74.0 Å². The van der Waals surface area contributed by atoms with Gasteiger partial charge in [-0.05, 0) is 110 Å². The molecule has 2 heterocycles. The number of hydrogen-bond donors (Lipinski definition) is 3. The van der Waals surface area contributed by atoms with Crippen molar-refractivity contribution in [2.45, 2.75) is 61.1 Å². The largest absolute Gasteiger partial charge is 0.426 e. The van der Waals surface area contributed by atoms with E-state index in [1.807, 2.05) is 12.1 Å². The van der Waals surface area contributed by atoms with E-state index in [0.29, 0.717) is 21.6 Å². The lowest BCUT2D eigenvalue weighted by atomic mass is 9.82. The first-order valence-corrected chi connectivity index (χ1v) is 18.8. The predicted octanol–water partition coefficient (Wildman–Crippen LogP) is 10.0. The molecule has 2 amide bonds. The van der Waals surface area contributed by atoms with Gasteiger partial charge in [0.15, 0.2) is 0 Å². The van der Waals surface area contributed by atoms with Crippen molar-refractivity contribution in [2.75, 3.05) is 10.6 Å². The Morgan fingerprint density at radius 2 is 1.16 bits per heavy atom. The van der Waals surface area contributed by atoms with Crippen molar-refractivity contribution in [3.05, 3.63) is 142 Å². The number of halogens is 7. The van der Waals surface area contributed by atoms with E-state index in [2.05, 4.69) is 20.6 Å². The van der Waals surface area contributed by atoms with Crippen molar-refractivity contribution < 1.29 is 41.4 Å². The molecule has 2 saturated carbocycles. The first-order chi connectivity index (χ1) is 27.5. The minimum atomic E-state index is -5.25. The SMILES string of the molecule is O=C(CC1(c2ccc(F)cc2Cl)CC1)C(=O)Nc1cccc2ncccc12.O=C(Nc1cccc2ncccc12)C(O)(CC1(c2ccc(F)cc2Cl)CC1)C(F)(F)F. The molecule has 0 saturated heterocycles. The minimum Gasteiger partial charge on any atom is -0.373 e. The van der Waals surface area contributed by atoms with Crippen molar-refractivity contribution in [1.82, 2.24) is 9.97 Å². The van der Waals surface area contributed by atoms with Gasteiger partial charge in [-0.25, -0.2) is 8.78 Å². The van der Waals surface area contributed by atoms with Crippen molar-refractivity contribution in [3.8, 4) is 0 Å². The Hall–Kier alpha value is -5.50. The number of benzene rings is 4. The number of fused-ring (bicyclic) bond motifs is 2. The monoisotopic (exact) mass is 834 g/mol. The normalized spacial score (nSPS) is 16.1. The molecule has 2 aliphatic carbocycles. The third kappa shape index (κ3) is 8.25. The number of pyridine rings is 2. The third-order valence-corrected chi connectivity index (χ3v) is 11.3. The molecule has 2 aliphatic rings. The molecule has 298 valence electrons. The zero-order valence-electron chi connectivity index (χ0n) is 30.3. The zero-order chi connectivity index (χ0) is 41.5. The van der Waals surface area contributed by atoms with Gasteiger partial charge in [0.1, 0.15) is 11.6 Å². The third-order valence-electron chi connectivity index (χ3n) is 10.7. The number of rotatable bonds is 10. The smallest absolute Gasteiger partial charge is 0.373 e. The van der Waals surface area contributed by atoms with Crippen LogP contribution in [0.2, 0.25) is 10.0 Å². The van der Waals surface area contributed by atoms with E-state index >= 15 is 0 Å². The summed E-state index contributed by atoms with van der Waals surface area (Å²) in [4.78, 5) is 46.2. The lowest BCUT2D eigenvalue weighted by Crippen LogP contribution is -2.56. The van der Waals surface area contributed by atoms with Crippen LogP contribution in [-0.2, 0) is 25.2 Å². The van der Waals surface area contributed by atoms with Gasteiger partial charge in [0.25, 0.3) is 11.8 Å². The van der Waals surface area contributed by atoms with Gasteiger partial charge in [-0.2, -0.15) is 13.2 Å². The molecule has 1 unspecified atom stereocenters. The van der Waals surface area contributed by atoms with Crippen LogP contribution in [0.5, 0.6) is 0 Å². The second-order valence-corrected chi connectivity index (χ2v) is 15.4. The molecule has 58 heavy (non-hydrogen) atoms. The average Bonchev–Trinajstić information content (AvgIpc) is 4.13. The molecule has 3 N–H and O–H groups in total. The highest BCUT2D eigenvalue weighted by Gasteiger charge is 2.65. The predicted molar refractivity (Wildman–Crippen MR) is 211 cm³/mol. The molecule has 1 atom stereocenters. The number of carbonyl (C=O) groups is 3. The van der Waals surface area contributed by atoms with E-state index in [0.717, 1.165) is 41.4 Å². The van der Waals surface area contributed by atoms with Crippen molar-refractivity contribution in [3.63, 3.8) is 0 Å². The molecular weight excluding hydrogens is 802 g/mol. The fourth-order valence-electron chi connectivity index (χ4n) is 7.25. The Bertz CT molecular complexity index is 2570. The van der Waals surface area contributed by atoms with Gasteiger partial charge >= 0.3 is 6.18 Å². The molecule has 2 aromatic heterocycles. The molecule has 0 radical (unpaired) electrons. The summed E-state index contributed by atoms with van der Waals surface area (Å²) in [6.45, 7) is 0. The standard InChI is InChI=1S/C22H17ClF4N2O2.C21H16ClFN2O2/c23-16-11-13(24)6-7-15(16)20(8-9-20)12-21(31,22(25,26)27)19(30)29-18-5-1-4-17-14(18)3-2-10-28-17;22-16-11-13(23)6-7-15(16)21(8-9-21)12-19(26)20(27)25-18-5-1-4-17-14(18)3-2-10-24-17/h1-7,10-11,31H,8-9,12H2,(H,29,30);1-7,10-11H,8-9,12H2,(H,25,27). The second kappa shape index (κ2) is 15.7. The number of nitrogens with zero attached hydrogens (tertiary/aromatic N) is 2. The topological polar surface area (TPSA) is 121 Å². The molecular formula is C43H33Cl2F5N4O4. The van der Waals surface area contributed by atoms with Crippen molar-refractivity contribution in [2.24, 2.45) is 0 Å². The van der Waals surface area contributed by atoms with E-state index in [1.165, 1.54) is 36.5 Å². The maximum Gasteiger partial charge on any atom is 0.426 e. The van der Waals surface area contributed by atoms with Gasteiger partial charge in [-0.15, -0.1) is 0 Å². The van der Waals surface area contributed by atoms with Gasteiger partial charge in [0.05, 0.1) is 22.4 Å². The fraction of sp³-hybridized carbons (Fsp3) is 0.233. The van der Waals surface area contributed by atoms with E-state index < -0.39 is 58.3 Å². The summed E-state index contributed by atoms with van der Waals surface area (Å²) in [6.07, 6.45) is -0.889. The number of amides is 2. The Morgan fingerprint density at radius 3 is 1.62 bits per heavy atom. The van der Waals surface area contributed by atoms with Gasteiger partial charge < -0.3 is 15.7 Å². The molecule has 8 nitrogen and oxygen atoms in total. The Balaban J connectivity index is 0.000000178. The maximum absolute atomic E-state index is 14.0. The summed E-state index contributed by atoms with van der Waals surface area (Å²) in [7, 11) is 0. The van der Waals surface area contributed by atoms with Crippen LogP contribution in [0.1, 0.15) is 49.7 Å². The number of aliphatic hydroxyl groups is 1. The van der Waals surface area contributed by atoms with Gasteiger partial charge in [0.2, 0.25) is 11.4 Å². The summed E-state index contributed by atoms with van der Waals surface area (Å²) < 4.78 is 68.7. The number of Topliss-reactive ketones (excluding diaryl/α,β-unsaturated/α-hetero) is 1. The van der Waals surface area contributed by atoms with Crippen LogP contribution in [0.25, 0.3) is 21.8 Å². The number of alkyl halides is 3. The number of anilines is 2. The van der Waals surface area contributed by atoms with Crippen LogP contribution in [0, 0.1) is 11.6 Å². The Kier molecular flexibility index (Phi) is 11.0. The van der Waals surface area contributed by atoms with Crippen molar-refractivity contribution in [1.29, 1.82) is 0 Å². The quantitative estimate of drug-likeness (QED) is 0.0934. The molecule has 8 rings (SSSR count). The highest BCUT2D eigenvalue weighted by Crippen LogP contribution is 2.57. The molecule has 0 aliphatic heterocycles.